The second-order valence-electron chi connectivity index (χ2n) is 1.59. The van der Waals surface area contributed by atoms with Gasteiger partial charge in [-0.05, 0) is 0 Å². The molecule has 0 saturated heterocycles. The fourth-order valence-corrected chi connectivity index (χ4v) is 2.24. The van der Waals surface area contributed by atoms with Gasteiger partial charge in [-0.25, -0.2) is 16.4 Å². The van der Waals surface area contributed by atoms with Crippen molar-refractivity contribution in [3.8, 4) is 0 Å². The van der Waals surface area contributed by atoms with Gasteiger partial charge in [0, 0.05) is 13.7 Å². The highest BCUT2D eigenvalue weighted by atomic mass is 28.5. The van der Waals surface area contributed by atoms with Crippen molar-refractivity contribution in [1.82, 2.24) is 0 Å². The predicted molar refractivity (Wildman–Crippen MR) is 29.9 cm³/mol. The number of hydrogen-bond acceptors (Lipinski definition) is 2. The van der Waals surface area contributed by atoms with Gasteiger partial charge < -0.3 is 8.54 Å². The molecule has 0 aliphatic heterocycles. The fourth-order valence-electron chi connectivity index (χ4n) is 0.248. The van der Waals surface area contributed by atoms with Crippen molar-refractivity contribution in [3.05, 3.63) is 0 Å². The van der Waals surface area contributed by atoms with E-state index >= 15 is 0 Å². The largest absolute Gasteiger partial charge is 0.795 e. The Hall–Kier alpha value is 0.0738. The molecule has 8 heteroatoms. The molecule has 0 aromatic carbocycles. The molecule has 62 valence electrons. The Balaban J connectivity index is 3.89. The van der Waals surface area contributed by atoms with Crippen LogP contribution in [0.15, 0.2) is 0 Å². The Labute approximate surface area is 57.8 Å². The van der Waals surface area contributed by atoms with Crippen molar-refractivity contribution >= 4 is 18.2 Å². The normalized spacial score (nSPS) is 18.6. The molecule has 0 aromatic heterocycles. The number of rotatable bonds is 3. The lowest BCUT2D eigenvalue weighted by Gasteiger charge is -2.14. The van der Waals surface area contributed by atoms with E-state index in [1.165, 1.54) is 0 Å². The van der Waals surface area contributed by atoms with Gasteiger partial charge in [0.1, 0.15) is 0 Å². The maximum Gasteiger partial charge on any atom is 0.795 e. The van der Waals surface area contributed by atoms with Crippen molar-refractivity contribution in [2.75, 3.05) is 7.11 Å². The summed E-state index contributed by atoms with van der Waals surface area (Å²) in [5.41, 5.74) is 0. The third kappa shape index (κ3) is 4.91. The molecule has 2 nitrogen and oxygen atoms in total. The average molecular weight is 194 g/mol. The molecule has 0 fully saturated rings. The number of halogens is 4. The van der Waals surface area contributed by atoms with Crippen LogP contribution >= 0.6 is 0 Å². The minimum Gasteiger partial charge on any atom is -0.375 e. The molecule has 0 heterocycles. The van der Waals surface area contributed by atoms with Gasteiger partial charge in [0.05, 0.1) is 0 Å². The van der Waals surface area contributed by atoms with Gasteiger partial charge in [-0.3, -0.25) is 0 Å². The smallest absolute Gasteiger partial charge is 0.375 e. The Kier molecular flexibility index (Phi) is 3.01. The molecular formula is C2H6F4O2Si2. The zero-order valence-electron chi connectivity index (χ0n) is 5.33. The van der Waals surface area contributed by atoms with E-state index in [-0.39, 0.29) is 0 Å². The van der Waals surface area contributed by atoms with E-state index in [4.69, 9.17) is 0 Å². The summed E-state index contributed by atoms with van der Waals surface area (Å²) in [5.74, 6) is 0. The van der Waals surface area contributed by atoms with Gasteiger partial charge in [0.2, 0.25) is 0 Å². The molecule has 1 atom stereocenters. The van der Waals surface area contributed by atoms with Gasteiger partial charge in [0.15, 0.2) is 0 Å². The van der Waals surface area contributed by atoms with Crippen molar-refractivity contribution in [2.45, 2.75) is 6.55 Å². The molecular weight excluding hydrogens is 188 g/mol. The zero-order chi connectivity index (χ0) is 8.41. The predicted octanol–water partition coefficient (Wildman–Crippen LogP) is 1.53. The Morgan fingerprint density at radius 3 is 1.60 bits per heavy atom. The van der Waals surface area contributed by atoms with Crippen LogP contribution in [0.3, 0.4) is 0 Å². The quantitative estimate of drug-likeness (QED) is 0.385. The molecule has 0 rings (SSSR count). The molecule has 0 amide bonds. The molecule has 0 aromatic rings. The van der Waals surface area contributed by atoms with E-state index in [0.717, 1.165) is 7.11 Å². The summed E-state index contributed by atoms with van der Waals surface area (Å²) in [7, 11) is -9.77. The van der Waals surface area contributed by atoms with Crippen molar-refractivity contribution in [1.29, 1.82) is 0 Å². The first-order valence-electron chi connectivity index (χ1n) is 2.28. The maximum atomic E-state index is 12.3. The van der Waals surface area contributed by atoms with Crippen molar-refractivity contribution in [3.63, 3.8) is 0 Å². The van der Waals surface area contributed by atoms with Crippen LogP contribution in [-0.4, -0.2) is 25.3 Å². The molecule has 10 heavy (non-hydrogen) atoms. The average Bonchev–Trinajstić information content (AvgIpc) is 1.60. The Morgan fingerprint density at radius 2 is 1.50 bits per heavy atom. The molecule has 0 saturated carbocycles. The minimum atomic E-state index is -6.25. The van der Waals surface area contributed by atoms with Gasteiger partial charge in [-0.1, -0.05) is 0 Å². The van der Waals surface area contributed by atoms with Gasteiger partial charge >= 0.3 is 18.2 Å². The maximum absolute atomic E-state index is 12.3. The van der Waals surface area contributed by atoms with Crippen LogP contribution in [0.1, 0.15) is 0 Å². The summed E-state index contributed by atoms with van der Waals surface area (Å²) in [4.78, 5) is 0. The molecule has 0 spiro atoms. The Bertz CT molecular complexity index is 112. The highest BCUT2D eigenvalue weighted by Crippen LogP contribution is 2.18. The molecule has 1 unspecified atom stereocenters. The molecule has 0 radical (unpaired) electrons. The first kappa shape index (κ1) is 10.1. The lowest BCUT2D eigenvalue weighted by atomic mass is 11.8. The van der Waals surface area contributed by atoms with E-state index in [1.807, 2.05) is 0 Å². The zero-order valence-corrected chi connectivity index (χ0v) is 7.33. The highest BCUT2D eigenvalue weighted by Gasteiger charge is 2.52. The van der Waals surface area contributed by atoms with Gasteiger partial charge in [0.25, 0.3) is 0 Å². The topological polar surface area (TPSA) is 18.5 Å². The molecule has 0 bridgehead atoms. The van der Waals surface area contributed by atoms with Crippen LogP contribution in [0.25, 0.3) is 0 Å². The molecule has 0 aliphatic carbocycles. The first-order chi connectivity index (χ1) is 4.27. The van der Waals surface area contributed by atoms with Crippen LogP contribution < -0.4 is 0 Å². The van der Waals surface area contributed by atoms with E-state index in [0.29, 0.717) is 6.55 Å². The second kappa shape index (κ2) is 2.99. The summed E-state index contributed by atoms with van der Waals surface area (Å²) in [6.07, 6.45) is 0. The van der Waals surface area contributed by atoms with Gasteiger partial charge in [-0.2, -0.15) is 0 Å². The second-order valence-corrected chi connectivity index (χ2v) is 5.37. The van der Waals surface area contributed by atoms with E-state index in [1.54, 1.807) is 0 Å². The van der Waals surface area contributed by atoms with E-state index in [2.05, 4.69) is 8.54 Å². The van der Waals surface area contributed by atoms with E-state index < -0.39 is 18.2 Å². The SMILES string of the molecule is CO[Si](C)(F)O[Si](F)(F)F. The summed E-state index contributed by atoms with van der Waals surface area (Å²) < 4.78 is 53.5. The van der Waals surface area contributed by atoms with Gasteiger partial charge in [-0.15, -0.1) is 0 Å². The van der Waals surface area contributed by atoms with Crippen LogP contribution in [0, 0.1) is 0 Å². The number of hydrogen-bond donors (Lipinski definition) is 0. The lowest BCUT2D eigenvalue weighted by Crippen LogP contribution is -2.41. The minimum absolute atomic E-state index is 0.688. The monoisotopic (exact) mass is 194 g/mol. The summed E-state index contributed by atoms with van der Waals surface area (Å²) >= 11 is 0. The van der Waals surface area contributed by atoms with Crippen LogP contribution in [0.5, 0.6) is 0 Å². The standard InChI is InChI=1S/C2H6F4O2Si2/c1-7-9(2,3)8-10(4,5)6/h1-2H3. The lowest BCUT2D eigenvalue weighted by molar-refractivity contribution is 0.187. The van der Waals surface area contributed by atoms with Crippen LogP contribution in [-0.2, 0) is 8.54 Å². The highest BCUT2D eigenvalue weighted by molar-refractivity contribution is 6.69. The Morgan fingerprint density at radius 1 is 1.10 bits per heavy atom. The fraction of sp³-hybridized carbons (Fsp3) is 1.00. The summed E-state index contributed by atoms with van der Waals surface area (Å²) in [6.45, 7) is 0.688. The third-order valence-corrected chi connectivity index (χ3v) is 3.78. The molecule has 0 aliphatic rings. The van der Waals surface area contributed by atoms with E-state index in [9.17, 15) is 16.4 Å². The van der Waals surface area contributed by atoms with Crippen molar-refractivity contribution < 1.29 is 25.0 Å². The summed E-state index contributed by atoms with van der Waals surface area (Å²) in [6, 6.07) is 0. The molecule has 0 N–H and O–H groups in total. The first-order valence-corrected chi connectivity index (χ1v) is 6.01. The summed E-state index contributed by atoms with van der Waals surface area (Å²) in [5, 5.41) is 0. The van der Waals surface area contributed by atoms with Crippen LogP contribution in [0.2, 0.25) is 6.55 Å². The van der Waals surface area contributed by atoms with Crippen molar-refractivity contribution in [2.24, 2.45) is 0 Å². The van der Waals surface area contributed by atoms with Crippen LogP contribution in [0.4, 0.5) is 16.4 Å². The third-order valence-electron chi connectivity index (χ3n) is 0.663.